The average molecular weight is 273 g/mol. The summed E-state index contributed by atoms with van der Waals surface area (Å²) in [4.78, 5) is 12.7. The van der Waals surface area contributed by atoms with Gasteiger partial charge in [0, 0.05) is 12.6 Å². The Morgan fingerprint density at radius 2 is 2.15 bits per heavy atom. The molecule has 0 fully saturated rings. The van der Waals surface area contributed by atoms with Gasteiger partial charge in [0.05, 0.1) is 13.3 Å². The van der Waals surface area contributed by atoms with Crippen molar-refractivity contribution in [1.29, 1.82) is 0 Å². The zero-order chi connectivity index (χ0) is 14.5. The monoisotopic (exact) mass is 273 g/mol. The summed E-state index contributed by atoms with van der Waals surface area (Å²) in [5, 5.41) is 7.18. The first-order chi connectivity index (χ1) is 9.69. The van der Waals surface area contributed by atoms with Crippen LogP contribution in [0.3, 0.4) is 0 Å². The van der Waals surface area contributed by atoms with Crippen LogP contribution in [-0.4, -0.2) is 36.3 Å². The van der Waals surface area contributed by atoms with Gasteiger partial charge in [-0.2, -0.15) is 5.10 Å². The molecular weight excluding hydrogens is 254 g/mol. The summed E-state index contributed by atoms with van der Waals surface area (Å²) in [7, 11) is 5.18. The van der Waals surface area contributed by atoms with E-state index < -0.39 is 0 Å². The minimum atomic E-state index is -0.0615. The van der Waals surface area contributed by atoms with Gasteiger partial charge in [0.15, 0.2) is 11.4 Å². The molecule has 1 aromatic carbocycles. The molecule has 0 aliphatic heterocycles. The standard InChI is InChI=1S/C15H19N3O2/c1-16-9-8-11-6-4-5-7-12(11)15(19)14-13(20-3)10-17-18(14)2/h4-7,10,16H,8-9H2,1-3H3. The Morgan fingerprint density at radius 3 is 2.85 bits per heavy atom. The molecule has 1 aromatic heterocycles. The van der Waals surface area contributed by atoms with Gasteiger partial charge in [0.25, 0.3) is 0 Å². The maximum Gasteiger partial charge on any atom is 0.215 e. The van der Waals surface area contributed by atoms with E-state index >= 15 is 0 Å². The van der Waals surface area contributed by atoms with Crippen molar-refractivity contribution in [1.82, 2.24) is 15.1 Å². The van der Waals surface area contributed by atoms with Crippen LogP contribution in [0, 0.1) is 0 Å². The molecule has 2 aromatic rings. The first-order valence-corrected chi connectivity index (χ1v) is 6.52. The molecule has 0 atom stereocenters. The lowest BCUT2D eigenvalue weighted by Gasteiger charge is -2.09. The highest BCUT2D eigenvalue weighted by molar-refractivity contribution is 6.10. The molecule has 0 aliphatic carbocycles. The summed E-state index contributed by atoms with van der Waals surface area (Å²) in [5.41, 5.74) is 2.20. The number of methoxy groups -OCH3 is 1. The van der Waals surface area contributed by atoms with Crippen molar-refractivity contribution in [3.8, 4) is 5.75 Å². The van der Waals surface area contributed by atoms with E-state index in [1.165, 1.54) is 0 Å². The molecule has 0 radical (unpaired) electrons. The van der Waals surface area contributed by atoms with Crippen molar-refractivity contribution in [2.75, 3.05) is 20.7 Å². The molecule has 0 saturated carbocycles. The Labute approximate surface area is 118 Å². The molecule has 0 unspecified atom stereocenters. The third-order valence-electron chi connectivity index (χ3n) is 3.25. The zero-order valence-corrected chi connectivity index (χ0v) is 12.0. The van der Waals surface area contributed by atoms with E-state index in [1.807, 2.05) is 31.3 Å². The van der Waals surface area contributed by atoms with E-state index in [0.717, 1.165) is 18.5 Å². The number of nitrogens with zero attached hydrogens (tertiary/aromatic N) is 2. The van der Waals surface area contributed by atoms with Crippen LogP contribution >= 0.6 is 0 Å². The number of likely N-dealkylation sites (N-methyl/N-ethyl adjacent to an activating group) is 1. The van der Waals surface area contributed by atoms with Crippen LogP contribution in [-0.2, 0) is 13.5 Å². The van der Waals surface area contributed by atoms with Gasteiger partial charge in [-0.15, -0.1) is 0 Å². The predicted molar refractivity (Wildman–Crippen MR) is 77.3 cm³/mol. The molecule has 5 heteroatoms. The second kappa shape index (κ2) is 6.34. The van der Waals surface area contributed by atoms with Crippen molar-refractivity contribution in [2.45, 2.75) is 6.42 Å². The third kappa shape index (κ3) is 2.72. The fourth-order valence-corrected chi connectivity index (χ4v) is 2.17. The number of benzene rings is 1. The normalized spacial score (nSPS) is 10.6. The highest BCUT2D eigenvalue weighted by Gasteiger charge is 2.21. The lowest BCUT2D eigenvalue weighted by molar-refractivity contribution is 0.102. The average Bonchev–Trinajstić information content (AvgIpc) is 2.85. The van der Waals surface area contributed by atoms with Crippen molar-refractivity contribution >= 4 is 5.78 Å². The number of hydrogen-bond donors (Lipinski definition) is 1. The Morgan fingerprint density at radius 1 is 1.40 bits per heavy atom. The lowest BCUT2D eigenvalue weighted by atomic mass is 9.99. The van der Waals surface area contributed by atoms with Crippen molar-refractivity contribution in [3.05, 3.63) is 47.3 Å². The van der Waals surface area contributed by atoms with E-state index in [9.17, 15) is 4.79 Å². The molecular formula is C15H19N3O2. The molecule has 20 heavy (non-hydrogen) atoms. The zero-order valence-electron chi connectivity index (χ0n) is 12.0. The minimum Gasteiger partial charge on any atom is -0.493 e. The van der Waals surface area contributed by atoms with E-state index in [2.05, 4.69) is 10.4 Å². The molecule has 0 spiro atoms. The SMILES string of the molecule is CNCCc1ccccc1C(=O)c1c(OC)cnn1C. The molecule has 0 bridgehead atoms. The lowest BCUT2D eigenvalue weighted by Crippen LogP contribution is -2.15. The number of ether oxygens (including phenoxy) is 1. The first kappa shape index (κ1) is 14.3. The van der Waals surface area contributed by atoms with Crippen LogP contribution in [0.5, 0.6) is 5.75 Å². The van der Waals surface area contributed by atoms with Gasteiger partial charge in [0.1, 0.15) is 0 Å². The summed E-state index contributed by atoms with van der Waals surface area (Å²) in [6.45, 7) is 0.826. The predicted octanol–water partition coefficient (Wildman–Crippen LogP) is 1.42. The number of rotatable bonds is 6. The quantitative estimate of drug-likeness (QED) is 0.809. The van der Waals surface area contributed by atoms with E-state index in [0.29, 0.717) is 17.0 Å². The number of aryl methyl sites for hydroxylation is 1. The Hall–Kier alpha value is -2.14. The third-order valence-corrected chi connectivity index (χ3v) is 3.25. The number of hydrogen-bond acceptors (Lipinski definition) is 4. The smallest absolute Gasteiger partial charge is 0.215 e. The Kier molecular flexibility index (Phi) is 4.53. The second-order valence-electron chi connectivity index (χ2n) is 4.52. The number of nitrogens with one attached hydrogen (secondary N) is 1. The molecule has 5 nitrogen and oxygen atoms in total. The van der Waals surface area contributed by atoms with Crippen LogP contribution < -0.4 is 10.1 Å². The van der Waals surface area contributed by atoms with Crippen molar-refractivity contribution in [2.24, 2.45) is 7.05 Å². The number of aromatic nitrogens is 2. The summed E-state index contributed by atoms with van der Waals surface area (Å²) in [5.74, 6) is 0.439. The van der Waals surface area contributed by atoms with Crippen LogP contribution in [0.15, 0.2) is 30.5 Å². The summed E-state index contributed by atoms with van der Waals surface area (Å²) >= 11 is 0. The Bertz CT molecular complexity index is 605. The second-order valence-corrected chi connectivity index (χ2v) is 4.52. The van der Waals surface area contributed by atoms with Crippen LogP contribution in [0.25, 0.3) is 0 Å². The van der Waals surface area contributed by atoms with Gasteiger partial charge < -0.3 is 10.1 Å². The number of carbonyl (C=O) groups excluding carboxylic acids is 1. The summed E-state index contributed by atoms with van der Waals surface area (Å²) in [6.07, 6.45) is 2.36. The summed E-state index contributed by atoms with van der Waals surface area (Å²) in [6, 6.07) is 7.65. The van der Waals surface area contributed by atoms with Gasteiger partial charge in [-0.3, -0.25) is 9.48 Å². The minimum absolute atomic E-state index is 0.0615. The van der Waals surface area contributed by atoms with Crippen LogP contribution in [0.2, 0.25) is 0 Å². The van der Waals surface area contributed by atoms with Crippen LogP contribution in [0.4, 0.5) is 0 Å². The molecule has 1 heterocycles. The molecule has 0 amide bonds. The van der Waals surface area contributed by atoms with E-state index in [-0.39, 0.29) is 5.78 Å². The molecule has 1 N–H and O–H groups in total. The number of carbonyl (C=O) groups is 1. The van der Waals surface area contributed by atoms with Gasteiger partial charge in [-0.05, 0) is 25.6 Å². The van der Waals surface area contributed by atoms with Crippen molar-refractivity contribution in [3.63, 3.8) is 0 Å². The molecule has 0 aliphatic rings. The van der Waals surface area contributed by atoms with Gasteiger partial charge >= 0.3 is 0 Å². The van der Waals surface area contributed by atoms with Gasteiger partial charge in [-0.25, -0.2) is 0 Å². The first-order valence-electron chi connectivity index (χ1n) is 6.52. The van der Waals surface area contributed by atoms with E-state index in [4.69, 9.17) is 4.74 Å². The van der Waals surface area contributed by atoms with Crippen molar-refractivity contribution < 1.29 is 9.53 Å². The van der Waals surface area contributed by atoms with Gasteiger partial charge in [-0.1, -0.05) is 24.3 Å². The fraction of sp³-hybridized carbons (Fsp3) is 0.333. The molecule has 0 saturated heterocycles. The fourth-order valence-electron chi connectivity index (χ4n) is 2.17. The molecule has 2 rings (SSSR count). The highest BCUT2D eigenvalue weighted by atomic mass is 16.5. The van der Waals surface area contributed by atoms with E-state index in [1.54, 1.807) is 25.0 Å². The molecule has 106 valence electrons. The summed E-state index contributed by atoms with van der Waals surface area (Å²) < 4.78 is 6.76. The maximum absolute atomic E-state index is 12.7. The maximum atomic E-state index is 12.7. The topological polar surface area (TPSA) is 56.1 Å². The highest BCUT2D eigenvalue weighted by Crippen LogP contribution is 2.22. The number of ketones is 1. The van der Waals surface area contributed by atoms with Crippen LogP contribution in [0.1, 0.15) is 21.6 Å². The van der Waals surface area contributed by atoms with Gasteiger partial charge in [0.2, 0.25) is 5.78 Å². The largest absolute Gasteiger partial charge is 0.493 e. The Balaban J connectivity index is 2.40.